The molecule has 1 aromatic heterocycles. The van der Waals surface area contributed by atoms with Crippen LogP contribution in [0.25, 0.3) is 11.4 Å². The first kappa shape index (κ1) is 18.8. The van der Waals surface area contributed by atoms with Crippen LogP contribution in [-0.2, 0) is 12.3 Å². The number of rotatable bonds is 7. The number of benzene rings is 2. The molecule has 0 fully saturated rings. The van der Waals surface area contributed by atoms with Crippen LogP contribution in [0.3, 0.4) is 0 Å². The second kappa shape index (κ2) is 8.60. The summed E-state index contributed by atoms with van der Waals surface area (Å²) in [5, 5.41) is 18.8. The van der Waals surface area contributed by atoms with E-state index in [0.717, 1.165) is 28.7 Å². The van der Waals surface area contributed by atoms with Crippen LogP contribution in [0.2, 0.25) is 0 Å². The predicted octanol–water partition coefficient (Wildman–Crippen LogP) is 4.15. The van der Waals surface area contributed by atoms with Crippen molar-refractivity contribution in [2.24, 2.45) is 0 Å². The van der Waals surface area contributed by atoms with E-state index >= 15 is 0 Å². The molecule has 0 N–H and O–H groups in total. The number of hydrogen-bond acceptors (Lipinski definition) is 6. The molecule has 0 unspecified atom stereocenters. The normalized spacial score (nSPS) is 10.4. The van der Waals surface area contributed by atoms with Crippen LogP contribution in [0.4, 0.5) is 0 Å². The van der Waals surface area contributed by atoms with Crippen molar-refractivity contribution in [2.75, 3.05) is 14.2 Å². The molecule has 0 saturated carbocycles. The molecule has 6 nitrogen and oxygen atoms in total. The Morgan fingerprint density at radius 2 is 1.78 bits per heavy atom. The fraction of sp³-hybridized carbons (Fsp3) is 0.250. The lowest BCUT2D eigenvalue weighted by Gasteiger charge is -2.10. The Labute approximate surface area is 162 Å². The molecule has 0 aliphatic rings. The Balaban J connectivity index is 1.90. The van der Waals surface area contributed by atoms with Crippen molar-refractivity contribution in [1.29, 1.82) is 5.26 Å². The minimum absolute atomic E-state index is 0.656. The molecule has 3 rings (SSSR count). The van der Waals surface area contributed by atoms with E-state index in [-0.39, 0.29) is 0 Å². The van der Waals surface area contributed by atoms with Gasteiger partial charge in [-0.1, -0.05) is 30.0 Å². The van der Waals surface area contributed by atoms with Gasteiger partial charge in [-0.15, -0.1) is 10.2 Å². The number of hydrogen-bond donors (Lipinski definition) is 0. The molecular weight excluding hydrogens is 360 g/mol. The molecule has 27 heavy (non-hydrogen) atoms. The highest BCUT2D eigenvalue weighted by Gasteiger charge is 2.15. The minimum Gasteiger partial charge on any atom is -0.497 e. The van der Waals surface area contributed by atoms with Crippen LogP contribution in [-0.4, -0.2) is 29.0 Å². The third-order valence-electron chi connectivity index (χ3n) is 4.14. The first-order valence-electron chi connectivity index (χ1n) is 8.47. The van der Waals surface area contributed by atoms with Crippen molar-refractivity contribution in [3.63, 3.8) is 0 Å². The van der Waals surface area contributed by atoms with E-state index in [0.29, 0.717) is 22.8 Å². The van der Waals surface area contributed by atoms with Gasteiger partial charge in [0, 0.05) is 23.9 Å². The van der Waals surface area contributed by atoms with E-state index < -0.39 is 0 Å². The summed E-state index contributed by atoms with van der Waals surface area (Å²) in [5.41, 5.74) is 2.55. The first-order chi connectivity index (χ1) is 13.2. The van der Waals surface area contributed by atoms with Crippen molar-refractivity contribution in [1.82, 2.24) is 14.8 Å². The van der Waals surface area contributed by atoms with E-state index in [1.807, 2.05) is 47.0 Å². The van der Waals surface area contributed by atoms with Crippen molar-refractivity contribution in [2.45, 2.75) is 24.4 Å². The number of nitriles is 1. The van der Waals surface area contributed by atoms with E-state index in [4.69, 9.17) is 9.47 Å². The monoisotopic (exact) mass is 380 g/mol. The zero-order chi connectivity index (χ0) is 19.2. The largest absolute Gasteiger partial charge is 0.497 e. The lowest BCUT2D eigenvalue weighted by molar-refractivity contribution is 0.394. The van der Waals surface area contributed by atoms with E-state index in [2.05, 4.69) is 23.2 Å². The molecule has 0 saturated heterocycles. The Hall–Kier alpha value is -2.98. The quantitative estimate of drug-likeness (QED) is 0.574. The van der Waals surface area contributed by atoms with Gasteiger partial charge in [-0.05, 0) is 30.7 Å². The number of nitrogens with zero attached hydrogens (tertiary/aromatic N) is 4. The molecule has 0 radical (unpaired) electrons. The van der Waals surface area contributed by atoms with Gasteiger partial charge in [-0.2, -0.15) is 5.26 Å². The van der Waals surface area contributed by atoms with Gasteiger partial charge in [0.05, 0.1) is 25.9 Å². The maximum atomic E-state index is 9.25. The standard InChI is InChI=1S/C20H20N4O2S/c1-4-24-19(16-9-17(25-2)11-18(10-16)26-3)22-23-20(24)27-13-15-8-6-5-7-14(15)12-21/h5-11H,4,13H2,1-3H3. The third-order valence-corrected chi connectivity index (χ3v) is 5.15. The van der Waals surface area contributed by atoms with Crippen molar-refractivity contribution in [3.05, 3.63) is 53.6 Å². The van der Waals surface area contributed by atoms with Crippen LogP contribution >= 0.6 is 11.8 Å². The molecule has 0 amide bonds. The summed E-state index contributed by atoms with van der Waals surface area (Å²) in [7, 11) is 3.24. The molecular formula is C20H20N4O2S. The molecule has 0 aliphatic heterocycles. The van der Waals surface area contributed by atoms with Gasteiger partial charge in [0.25, 0.3) is 0 Å². The Kier molecular flexibility index (Phi) is 5.99. The van der Waals surface area contributed by atoms with Crippen molar-refractivity contribution < 1.29 is 9.47 Å². The molecule has 0 aliphatic carbocycles. The van der Waals surface area contributed by atoms with E-state index in [1.54, 1.807) is 26.0 Å². The minimum atomic E-state index is 0.656. The lowest BCUT2D eigenvalue weighted by atomic mass is 10.1. The average Bonchev–Trinajstić information content (AvgIpc) is 3.14. The number of ether oxygens (including phenoxy) is 2. The summed E-state index contributed by atoms with van der Waals surface area (Å²) >= 11 is 1.57. The van der Waals surface area contributed by atoms with Crippen molar-refractivity contribution >= 4 is 11.8 Å². The van der Waals surface area contributed by atoms with Crippen LogP contribution in [0.5, 0.6) is 11.5 Å². The topological polar surface area (TPSA) is 73.0 Å². The Bertz CT molecular complexity index is 956. The molecule has 138 valence electrons. The molecule has 0 spiro atoms. The summed E-state index contributed by atoms with van der Waals surface area (Å²) in [5.74, 6) is 2.81. The Morgan fingerprint density at radius 3 is 2.41 bits per heavy atom. The summed E-state index contributed by atoms with van der Waals surface area (Å²) < 4.78 is 12.8. The van der Waals surface area contributed by atoms with Crippen LogP contribution in [0, 0.1) is 11.3 Å². The number of aromatic nitrogens is 3. The van der Waals surface area contributed by atoms with Gasteiger partial charge < -0.3 is 14.0 Å². The average molecular weight is 380 g/mol. The summed E-state index contributed by atoms with van der Waals surface area (Å²) in [6.45, 7) is 2.78. The van der Waals surface area contributed by atoms with E-state index in [9.17, 15) is 5.26 Å². The van der Waals surface area contributed by atoms with Gasteiger partial charge in [0.2, 0.25) is 0 Å². The predicted molar refractivity (Wildman–Crippen MR) is 105 cm³/mol. The fourth-order valence-corrected chi connectivity index (χ4v) is 3.73. The zero-order valence-electron chi connectivity index (χ0n) is 15.5. The molecule has 1 heterocycles. The Morgan fingerprint density at radius 1 is 1.07 bits per heavy atom. The highest BCUT2D eigenvalue weighted by Crippen LogP contribution is 2.31. The van der Waals surface area contributed by atoms with Crippen LogP contribution < -0.4 is 9.47 Å². The molecule has 7 heteroatoms. The summed E-state index contributed by atoms with van der Waals surface area (Å²) in [6.07, 6.45) is 0. The molecule has 0 bridgehead atoms. The first-order valence-corrected chi connectivity index (χ1v) is 9.46. The number of methoxy groups -OCH3 is 2. The van der Waals surface area contributed by atoms with Gasteiger partial charge in [-0.25, -0.2) is 0 Å². The van der Waals surface area contributed by atoms with E-state index in [1.165, 1.54) is 0 Å². The maximum absolute atomic E-state index is 9.25. The summed E-state index contributed by atoms with van der Waals surface area (Å²) in [6, 6.07) is 15.5. The third kappa shape index (κ3) is 4.07. The highest BCUT2D eigenvalue weighted by atomic mass is 32.2. The lowest BCUT2D eigenvalue weighted by Crippen LogP contribution is -2.00. The van der Waals surface area contributed by atoms with Crippen LogP contribution in [0.1, 0.15) is 18.1 Å². The van der Waals surface area contributed by atoms with Gasteiger partial charge in [0.1, 0.15) is 11.5 Å². The summed E-state index contributed by atoms with van der Waals surface area (Å²) in [4.78, 5) is 0. The van der Waals surface area contributed by atoms with Gasteiger partial charge >= 0.3 is 0 Å². The number of thioether (sulfide) groups is 1. The van der Waals surface area contributed by atoms with Crippen LogP contribution in [0.15, 0.2) is 47.6 Å². The fourth-order valence-electron chi connectivity index (χ4n) is 2.73. The molecule has 3 aromatic rings. The smallest absolute Gasteiger partial charge is 0.191 e. The second-order valence-corrected chi connectivity index (χ2v) is 6.65. The SMILES string of the molecule is CCn1c(SCc2ccccc2C#N)nnc1-c1cc(OC)cc(OC)c1. The molecule has 0 atom stereocenters. The van der Waals surface area contributed by atoms with Crippen molar-refractivity contribution in [3.8, 4) is 29.0 Å². The van der Waals surface area contributed by atoms with Gasteiger partial charge in [-0.3, -0.25) is 0 Å². The van der Waals surface area contributed by atoms with Gasteiger partial charge in [0.15, 0.2) is 11.0 Å². The zero-order valence-corrected chi connectivity index (χ0v) is 16.3. The second-order valence-electron chi connectivity index (χ2n) is 5.71. The maximum Gasteiger partial charge on any atom is 0.191 e. The highest BCUT2D eigenvalue weighted by molar-refractivity contribution is 7.98. The molecule has 2 aromatic carbocycles.